The number of halogens is 1. The zero-order chi connectivity index (χ0) is 15.5. The molecule has 0 heterocycles. The molecule has 0 amide bonds. The van der Waals surface area contributed by atoms with Crippen LogP contribution in [0, 0.1) is 11.3 Å². The van der Waals surface area contributed by atoms with Gasteiger partial charge in [-0.25, -0.2) is 0 Å². The highest BCUT2D eigenvalue weighted by Crippen LogP contribution is 2.40. The van der Waals surface area contributed by atoms with Gasteiger partial charge < -0.3 is 5.32 Å². The average molecular weight is 352 g/mol. The molecule has 1 fully saturated rings. The van der Waals surface area contributed by atoms with E-state index in [2.05, 4.69) is 73.2 Å². The Bertz CT molecular complexity index is 429. The van der Waals surface area contributed by atoms with Gasteiger partial charge >= 0.3 is 0 Å². The van der Waals surface area contributed by atoms with Crippen molar-refractivity contribution in [1.82, 2.24) is 5.32 Å². The number of nitrogens with one attached hydrogen (secondary N) is 1. The minimum atomic E-state index is 0.443. The Labute approximate surface area is 139 Å². The third kappa shape index (κ3) is 4.56. The fourth-order valence-electron chi connectivity index (χ4n) is 3.53. The second-order valence-electron chi connectivity index (χ2n) is 7.33. The van der Waals surface area contributed by atoms with Gasteiger partial charge in [-0.15, -0.1) is 0 Å². The molecule has 0 bridgehead atoms. The summed E-state index contributed by atoms with van der Waals surface area (Å²) in [4.78, 5) is 0. The lowest BCUT2D eigenvalue weighted by Crippen LogP contribution is -2.38. The van der Waals surface area contributed by atoms with Crippen LogP contribution in [-0.2, 0) is 0 Å². The maximum absolute atomic E-state index is 3.83. The highest BCUT2D eigenvalue weighted by atomic mass is 79.9. The van der Waals surface area contributed by atoms with Crippen molar-refractivity contribution in [2.75, 3.05) is 0 Å². The first-order valence-electron chi connectivity index (χ1n) is 8.44. The van der Waals surface area contributed by atoms with Crippen LogP contribution in [-0.4, -0.2) is 6.04 Å². The molecule has 0 aromatic heterocycles. The zero-order valence-corrected chi connectivity index (χ0v) is 15.5. The van der Waals surface area contributed by atoms with Gasteiger partial charge in [-0.2, -0.15) is 0 Å². The van der Waals surface area contributed by atoms with E-state index in [1.54, 1.807) is 0 Å². The molecule has 0 saturated heterocycles. The first kappa shape index (κ1) is 17.0. The van der Waals surface area contributed by atoms with Crippen LogP contribution in [0.5, 0.6) is 0 Å². The van der Waals surface area contributed by atoms with Gasteiger partial charge in [0.2, 0.25) is 0 Å². The van der Waals surface area contributed by atoms with Gasteiger partial charge in [0.1, 0.15) is 0 Å². The quantitative estimate of drug-likeness (QED) is 0.676. The van der Waals surface area contributed by atoms with E-state index in [-0.39, 0.29) is 0 Å². The summed E-state index contributed by atoms with van der Waals surface area (Å²) in [7, 11) is 0. The molecule has 0 spiro atoms. The Morgan fingerprint density at radius 3 is 2.24 bits per heavy atom. The van der Waals surface area contributed by atoms with Gasteiger partial charge in [0.25, 0.3) is 0 Å². The molecule has 1 atom stereocenters. The predicted molar refractivity (Wildman–Crippen MR) is 95.5 cm³/mol. The van der Waals surface area contributed by atoms with E-state index in [9.17, 15) is 0 Å². The summed E-state index contributed by atoms with van der Waals surface area (Å²) in [5.41, 5.74) is 1.90. The number of hydrogen-bond donors (Lipinski definition) is 1. The molecule has 1 aliphatic rings. The lowest BCUT2D eigenvalue weighted by molar-refractivity contribution is 0.134. The van der Waals surface area contributed by atoms with Gasteiger partial charge in [0, 0.05) is 16.6 Å². The standard InChI is InChI=1S/C19H30BrN/c1-5-19(3,4)16-8-12-18(13-9-16)21-14(2)15-6-10-17(20)11-7-15/h6-7,10-11,14,16,18,21H,5,8-9,12-13H2,1-4H3/t14-,16?,18?/m1/s1. The van der Waals surface area contributed by atoms with Crippen molar-refractivity contribution in [3.05, 3.63) is 34.3 Å². The van der Waals surface area contributed by atoms with Crippen molar-refractivity contribution >= 4 is 15.9 Å². The zero-order valence-electron chi connectivity index (χ0n) is 14.0. The smallest absolute Gasteiger partial charge is 0.0294 e. The third-order valence-electron chi connectivity index (χ3n) is 5.60. The Kier molecular flexibility index (Phi) is 5.90. The molecule has 1 N–H and O–H groups in total. The Morgan fingerprint density at radius 1 is 1.14 bits per heavy atom. The van der Waals surface area contributed by atoms with Gasteiger partial charge in [-0.05, 0) is 61.6 Å². The summed E-state index contributed by atoms with van der Waals surface area (Å²) in [6, 6.07) is 9.83. The van der Waals surface area contributed by atoms with Crippen molar-refractivity contribution < 1.29 is 0 Å². The van der Waals surface area contributed by atoms with E-state index < -0.39 is 0 Å². The molecular weight excluding hydrogens is 322 g/mol. The van der Waals surface area contributed by atoms with Crippen molar-refractivity contribution in [2.24, 2.45) is 11.3 Å². The summed E-state index contributed by atoms with van der Waals surface area (Å²) in [6.07, 6.45) is 6.71. The van der Waals surface area contributed by atoms with Gasteiger partial charge in [-0.1, -0.05) is 55.3 Å². The maximum atomic E-state index is 3.83. The molecule has 21 heavy (non-hydrogen) atoms. The van der Waals surface area contributed by atoms with Crippen LogP contribution >= 0.6 is 15.9 Å². The highest BCUT2D eigenvalue weighted by Gasteiger charge is 2.32. The van der Waals surface area contributed by atoms with Gasteiger partial charge in [-0.3, -0.25) is 0 Å². The summed E-state index contributed by atoms with van der Waals surface area (Å²) in [5, 5.41) is 3.83. The van der Waals surface area contributed by atoms with Crippen LogP contribution in [0.1, 0.15) is 71.4 Å². The summed E-state index contributed by atoms with van der Waals surface area (Å²) >= 11 is 3.50. The normalized spacial score (nSPS) is 24.8. The molecule has 1 aliphatic carbocycles. The van der Waals surface area contributed by atoms with Crippen LogP contribution in [0.15, 0.2) is 28.7 Å². The van der Waals surface area contributed by atoms with Crippen molar-refractivity contribution in [3.63, 3.8) is 0 Å². The number of hydrogen-bond acceptors (Lipinski definition) is 1. The van der Waals surface area contributed by atoms with Crippen LogP contribution in [0.25, 0.3) is 0 Å². The van der Waals surface area contributed by atoms with Crippen LogP contribution in [0.4, 0.5) is 0 Å². The Hall–Kier alpha value is -0.340. The Morgan fingerprint density at radius 2 is 1.71 bits per heavy atom. The topological polar surface area (TPSA) is 12.0 Å². The number of rotatable bonds is 5. The molecule has 0 unspecified atom stereocenters. The molecule has 0 radical (unpaired) electrons. The molecule has 118 valence electrons. The van der Waals surface area contributed by atoms with Gasteiger partial charge in [0.05, 0.1) is 0 Å². The van der Waals surface area contributed by atoms with Crippen molar-refractivity contribution in [2.45, 2.75) is 71.9 Å². The lowest BCUT2D eigenvalue weighted by Gasteiger charge is -2.39. The minimum Gasteiger partial charge on any atom is -0.307 e. The first-order valence-corrected chi connectivity index (χ1v) is 9.23. The molecule has 2 rings (SSSR count). The molecule has 1 saturated carbocycles. The minimum absolute atomic E-state index is 0.443. The molecule has 0 aliphatic heterocycles. The molecule has 1 aromatic rings. The third-order valence-corrected chi connectivity index (χ3v) is 6.13. The lowest BCUT2D eigenvalue weighted by atomic mass is 9.69. The summed E-state index contributed by atoms with van der Waals surface area (Å²) in [6.45, 7) is 9.50. The summed E-state index contributed by atoms with van der Waals surface area (Å²) in [5.74, 6) is 0.906. The van der Waals surface area contributed by atoms with E-state index >= 15 is 0 Å². The van der Waals surface area contributed by atoms with E-state index in [1.165, 1.54) is 37.7 Å². The second-order valence-corrected chi connectivity index (χ2v) is 8.25. The molecule has 2 heteroatoms. The summed E-state index contributed by atoms with van der Waals surface area (Å²) < 4.78 is 1.15. The van der Waals surface area contributed by atoms with Crippen molar-refractivity contribution in [1.29, 1.82) is 0 Å². The molecular formula is C19H30BrN. The van der Waals surface area contributed by atoms with Crippen LogP contribution in [0.3, 0.4) is 0 Å². The fourth-order valence-corrected chi connectivity index (χ4v) is 3.80. The average Bonchev–Trinajstić information content (AvgIpc) is 2.48. The van der Waals surface area contributed by atoms with E-state index in [0.717, 1.165) is 10.4 Å². The second kappa shape index (κ2) is 7.28. The Balaban J connectivity index is 1.84. The highest BCUT2D eigenvalue weighted by molar-refractivity contribution is 9.10. The maximum Gasteiger partial charge on any atom is 0.0294 e. The van der Waals surface area contributed by atoms with Crippen molar-refractivity contribution in [3.8, 4) is 0 Å². The first-order chi connectivity index (χ1) is 9.92. The molecule has 1 aromatic carbocycles. The fraction of sp³-hybridized carbons (Fsp3) is 0.684. The van der Waals surface area contributed by atoms with E-state index in [1.807, 2.05) is 0 Å². The number of benzene rings is 1. The molecule has 1 nitrogen and oxygen atoms in total. The largest absolute Gasteiger partial charge is 0.307 e. The monoisotopic (exact) mass is 351 g/mol. The predicted octanol–water partition coefficient (Wildman–Crippen LogP) is 6.09. The van der Waals surface area contributed by atoms with Crippen LogP contribution < -0.4 is 5.32 Å². The van der Waals surface area contributed by atoms with E-state index in [0.29, 0.717) is 17.5 Å². The van der Waals surface area contributed by atoms with Crippen LogP contribution in [0.2, 0.25) is 0 Å². The van der Waals surface area contributed by atoms with E-state index in [4.69, 9.17) is 0 Å². The van der Waals surface area contributed by atoms with Gasteiger partial charge in [0.15, 0.2) is 0 Å². The SMILES string of the molecule is CCC(C)(C)C1CCC(N[C@H](C)c2ccc(Br)cc2)CC1.